The number of amides is 1. The van der Waals surface area contributed by atoms with Gasteiger partial charge in [0, 0.05) is 62.7 Å². The third-order valence-corrected chi connectivity index (χ3v) is 7.51. The molecule has 11 heteroatoms. The van der Waals surface area contributed by atoms with Gasteiger partial charge >= 0.3 is 0 Å². The second-order valence-corrected chi connectivity index (χ2v) is 10.5. The zero-order valence-electron chi connectivity index (χ0n) is 24.1. The van der Waals surface area contributed by atoms with Crippen molar-refractivity contribution >= 4 is 34.6 Å². The standard InChI is InChI=1S/C30H38N8O3/c1-6-30(39)35-23-15-24(27(40-5)16-26(23)37-12-10-36(11-13-37)20(2)3)34-28-17-29(33-19-32-28)38-25(9-14-41-38)22-8-7-21(4)31-18-22/h6-8,15-20,25H,1,9-14H2,2-5H3,(H,35,39)(H,32,33,34)/t25-/m1/s1. The van der Waals surface area contributed by atoms with E-state index in [0.717, 1.165) is 49.5 Å². The lowest BCUT2D eigenvalue weighted by Gasteiger charge is -2.39. The molecule has 216 valence electrons. The molecular formula is C30H38N8O3. The molecule has 2 aliphatic rings. The number of hydrogen-bond donors (Lipinski definition) is 2. The number of hydroxylamine groups is 1. The SMILES string of the molecule is C=CC(=O)Nc1cc(Nc2cc(N3OCC[C@@H]3c3ccc(C)nc3)ncn2)c(OC)cc1N1CCN(C(C)C)CC1. The molecule has 4 heterocycles. The third-order valence-electron chi connectivity index (χ3n) is 7.51. The van der Waals surface area contributed by atoms with E-state index >= 15 is 0 Å². The maximum atomic E-state index is 12.4. The summed E-state index contributed by atoms with van der Waals surface area (Å²) in [5.41, 5.74) is 4.25. The van der Waals surface area contributed by atoms with E-state index < -0.39 is 0 Å². The Kier molecular flexibility index (Phi) is 8.65. The highest BCUT2D eigenvalue weighted by Gasteiger charge is 2.30. The van der Waals surface area contributed by atoms with Gasteiger partial charge in [-0.25, -0.2) is 15.0 Å². The van der Waals surface area contributed by atoms with Crippen LogP contribution < -0.4 is 25.3 Å². The van der Waals surface area contributed by atoms with Crippen molar-refractivity contribution in [1.82, 2.24) is 19.9 Å². The fourth-order valence-corrected chi connectivity index (χ4v) is 5.21. The van der Waals surface area contributed by atoms with Crippen LogP contribution in [0.3, 0.4) is 0 Å². The van der Waals surface area contributed by atoms with Crippen molar-refractivity contribution in [3.63, 3.8) is 0 Å². The largest absolute Gasteiger partial charge is 0.494 e. The van der Waals surface area contributed by atoms with Crippen molar-refractivity contribution in [2.75, 3.05) is 60.5 Å². The maximum absolute atomic E-state index is 12.4. The van der Waals surface area contributed by atoms with Crippen LogP contribution in [0.2, 0.25) is 0 Å². The summed E-state index contributed by atoms with van der Waals surface area (Å²) >= 11 is 0. The first-order chi connectivity index (χ1) is 19.9. The zero-order chi connectivity index (χ0) is 28.9. The number of ether oxygens (including phenoxy) is 1. The molecule has 0 saturated carbocycles. The highest BCUT2D eigenvalue weighted by atomic mass is 16.7. The minimum Gasteiger partial charge on any atom is -0.494 e. The highest BCUT2D eigenvalue weighted by molar-refractivity contribution is 6.02. The van der Waals surface area contributed by atoms with Gasteiger partial charge in [0.15, 0.2) is 5.82 Å². The van der Waals surface area contributed by atoms with Crippen LogP contribution in [0.25, 0.3) is 0 Å². The minimum absolute atomic E-state index is 0.00319. The lowest BCUT2D eigenvalue weighted by atomic mass is 10.1. The van der Waals surface area contributed by atoms with Crippen molar-refractivity contribution in [1.29, 1.82) is 0 Å². The average molecular weight is 559 g/mol. The molecule has 2 N–H and O–H groups in total. The monoisotopic (exact) mass is 558 g/mol. The second kappa shape index (κ2) is 12.5. The summed E-state index contributed by atoms with van der Waals surface area (Å²) in [6.45, 7) is 14.2. The molecule has 0 unspecified atom stereocenters. The minimum atomic E-state index is -0.282. The van der Waals surface area contributed by atoms with E-state index in [0.29, 0.717) is 41.4 Å². The Bertz CT molecular complexity index is 1370. The number of methoxy groups -OCH3 is 1. The molecule has 5 rings (SSSR count). The van der Waals surface area contributed by atoms with Gasteiger partial charge in [-0.05, 0) is 44.5 Å². The Hall–Kier alpha value is -4.22. The van der Waals surface area contributed by atoms with Crippen molar-refractivity contribution in [3.05, 3.63) is 66.8 Å². The summed E-state index contributed by atoms with van der Waals surface area (Å²) in [4.78, 5) is 36.4. The smallest absolute Gasteiger partial charge is 0.247 e. The van der Waals surface area contributed by atoms with Crippen LogP contribution in [0.1, 0.15) is 37.6 Å². The normalized spacial score (nSPS) is 17.5. The van der Waals surface area contributed by atoms with E-state index in [2.05, 4.69) is 61.9 Å². The van der Waals surface area contributed by atoms with Crippen LogP contribution in [0, 0.1) is 6.92 Å². The number of carbonyl (C=O) groups excluding carboxylic acids is 1. The van der Waals surface area contributed by atoms with E-state index in [1.54, 1.807) is 7.11 Å². The zero-order valence-corrected chi connectivity index (χ0v) is 24.1. The lowest BCUT2D eigenvalue weighted by Crippen LogP contribution is -2.49. The van der Waals surface area contributed by atoms with Gasteiger partial charge < -0.3 is 20.3 Å². The van der Waals surface area contributed by atoms with Gasteiger partial charge in [-0.15, -0.1) is 0 Å². The number of aromatic nitrogens is 3. The van der Waals surface area contributed by atoms with E-state index in [-0.39, 0.29) is 11.9 Å². The highest BCUT2D eigenvalue weighted by Crippen LogP contribution is 2.40. The molecule has 1 amide bonds. The topological polar surface area (TPSA) is 108 Å². The van der Waals surface area contributed by atoms with Gasteiger partial charge in [-0.3, -0.25) is 19.5 Å². The van der Waals surface area contributed by atoms with E-state index in [9.17, 15) is 4.79 Å². The Morgan fingerprint density at radius 3 is 2.61 bits per heavy atom. The van der Waals surface area contributed by atoms with Crippen molar-refractivity contribution < 1.29 is 14.4 Å². The molecule has 2 aromatic heterocycles. The van der Waals surface area contributed by atoms with Crippen molar-refractivity contribution in [2.45, 2.75) is 39.3 Å². The number of nitrogens with one attached hydrogen (secondary N) is 2. The summed E-state index contributed by atoms with van der Waals surface area (Å²) in [6.07, 6.45) is 5.48. The molecule has 1 atom stereocenters. The second-order valence-electron chi connectivity index (χ2n) is 10.5. The van der Waals surface area contributed by atoms with Gasteiger partial charge in [-0.1, -0.05) is 12.6 Å². The van der Waals surface area contributed by atoms with Crippen LogP contribution in [0.4, 0.5) is 28.7 Å². The number of pyridine rings is 1. The Morgan fingerprint density at radius 2 is 1.93 bits per heavy atom. The molecule has 0 aliphatic carbocycles. The lowest BCUT2D eigenvalue weighted by molar-refractivity contribution is -0.111. The van der Waals surface area contributed by atoms with Gasteiger partial charge in [-0.2, -0.15) is 0 Å². The van der Waals surface area contributed by atoms with E-state index in [1.807, 2.05) is 42.4 Å². The summed E-state index contributed by atoms with van der Waals surface area (Å²) < 4.78 is 5.79. The van der Waals surface area contributed by atoms with Crippen LogP contribution in [0.5, 0.6) is 5.75 Å². The summed E-state index contributed by atoms with van der Waals surface area (Å²) in [5, 5.41) is 8.15. The Morgan fingerprint density at radius 1 is 1.12 bits per heavy atom. The summed E-state index contributed by atoms with van der Waals surface area (Å²) in [5.74, 6) is 1.53. The number of rotatable bonds is 9. The molecule has 3 aromatic rings. The first kappa shape index (κ1) is 28.3. The molecule has 0 bridgehead atoms. The predicted octanol–water partition coefficient (Wildman–Crippen LogP) is 4.47. The summed E-state index contributed by atoms with van der Waals surface area (Å²) in [6, 6.07) is 10.2. The first-order valence-corrected chi connectivity index (χ1v) is 13.9. The Labute approximate surface area is 241 Å². The average Bonchev–Trinajstić information content (AvgIpc) is 3.48. The van der Waals surface area contributed by atoms with Crippen LogP contribution in [-0.2, 0) is 9.63 Å². The number of carbonyl (C=O) groups is 1. The Balaban J connectivity index is 1.42. The van der Waals surface area contributed by atoms with Gasteiger partial charge in [0.25, 0.3) is 0 Å². The van der Waals surface area contributed by atoms with Crippen LogP contribution in [0.15, 0.2) is 55.5 Å². The molecule has 0 radical (unpaired) electrons. The van der Waals surface area contributed by atoms with E-state index in [4.69, 9.17) is 9.57 Å². The molecule has 1 aromatic carbocycles. The number of piperazine rings is 1. The number of hydrogen-bond acceptors (Lipinski definition) is 10. The molecule has 2 fully saturated rings. The summed E-state index contributed by atoms with van der Waals surface area (Å²) in [7, 11) is 1.63. The molecule has 2 saturated heterocycles. The fraction of sp³-hybridized carbons (Fsp3) is 0.400. The fourth-order valence-electron chi connectivity index (χ4n) is 5.21. The molecule has 41 heavy (non-hydrogen) atoms. The third kappa shape index (κ3) is 6.41. The predicted molar refractivity (Wildman–Crippen MR) is 161 cm³/mol. The molecular weight excluding hydrogens is 520 g/mol. The maximum Gasteiger partial charge on any atom is 0.247 e. The molecule has 11 nitrogen and oxygen atoms in total. The van der Waals surface area contributed by atoms with Crippen LogP contribution in [-0.4, -0.2) is 71.7 Å². The van der Waals surface area contributed by atoms with Gasteiger partial charge in [0.2, 0.25) is 5.91 Å². The van der Waals surface area contributed by atoms with Crippen molar-refractivity contribution in [2.24, 2.45) is 0 Å². The first-order valence-electron chi connectivity index (χ1n) is 13.9. The molecule has 0 spiro atoms. The van der Waals surface area contributed by atoms with Gasteiger partial charge in [0.05, 0.1) is 36.8 Å². The van der Waals surface area contributed by atoms with Gasteiger partial charge in [0.1, 0.15) is 17.9 Å². The van der Waals surface area contributed by atoms with E-state index in [1.165, 1.54) is 12.4 Å². The molecule has 2 aliphatic heterocycles. The van der Waals surface area contributed by atoms with Crippen LogP contribution >= 0.6 is 0 Å². The number of aryl methyl sites for hydroxylation is 1. The number of anilines is 5. The quantitative estimate of drug-likeness (QED) is 0.365. The number of benzene rings is 1. The van der Waals surface area contributed by atoms with Crippen molar-refractivity contribution in [3.8, 4) is 5.75 Å². The number of nitrogens with zero attached hydrogens (tertiary/aromatic N) is 6.